The van der Waals surface area contributed by atoms with Gasteiger partial charge in [-0.2, -0.15) is 18.4 Å². The van der Waals surface area contributed by atoms with Crippen LogP contribution in [0.3, 0.4) is 0 Å². The van der Waals surface area contributed by atoms with E-state index in [-0.39, 0.29) is 40.3 Å². The van der Waals surface area contributed by atoms with Gasteiger partial charge in [0.05, 0.1) is 33.3 Å². The third-order valence-electron chi connectivity index (χ3n) is 5.80. The fourth-order valence-electron chi connectivity index (χ4n) is 3.78. The molecule has 0 aliphatic carbocycles. The lowest BCUT2D eigenvalue weighted by Gasteiger charge is -2.12. The molecule has 4 aromatic rings. The molecule has 11 heteroatoms. The maximum Gasteiger partial charge on any atom is 0.449 e. The van der Waals surface area contributed by atoms with Gasteiger partial charge in [-0.1, -0.05) is 31.2 Å². The van der Waals surface area contributed by atoms with Gasteiger partial charge in [-0.15, -0.1) is 0 Å². The van der Waals surface area contributed by atoms with Crippen LogP contribution in [0.15, 0.2) is 71.6 Å². The predicted octanol–water partition coefficient (Wildman–Crippen LogP) is 4.70. The number of sulfone groups is 1. The molecule has 1 amide bonds. The van der Waals surface area contributed by atoms with E-state index in [2.05, 4.69) is 10.3 Å². The number of nitriles is 1. The van der Waals surface area contributed by atoms with Crippen molar-refractivity contribution in [1.29, 1.82) is 5.26 Å². The minimum atomic E-state index is -4.72. The number of hydrogen-bond donors (Lipinski definition) is 1. The van der Waals surface area contributed by atoms with E-state index in [0.29, 0.717) is 16.7 Å². The number of alkyl halides is 3. The zero-order valence-corrected chi connectivity index (χ0v) is 20.4. The molecule has 0 radical (unpaired) electrons. The SMILES string of the molecule is CCS(=O)(=O)c1ccc(CNC(=O)c2ccc3c(c2)nc(C(F)(F)F)n3Cc2ccc(C#N)cc2)cc1. The quantitative estimate of drug-likeness (QED) is 0.376. The first-order chi connectivity index (χ1) is 17.5. The second kappa shape index (κ2) is 10.1. The Morgan fingerprint density at radius 1 is 1.03 bits per heavy atom. The summed E-state index contributed by atoms with van der Waals surface area (Å²) in [7, 11) is -3.33. The van der Waals surface area contributed by atoms with Crippen LogP contribution >= 0.6 is 0 Å². The molecule has 1 aromatic heterocycles. The number of hydrogen-bond acceptors (Lipinski definition) is 5. The first kappa shape index (κ1) is 25.9. The van der Waals surface area contributed by atoms with Crippen molar-refractivity contribution in [2.45, 2.75) is 31.1 Å². The number of nitrogens with zero attached hydrogens (tertiary/aromatic N) is 3. The summed E-state index contributed by atoms with van der Waals surface area (Å²) in [6.45, 7) is 1.53. The summed E-state index contributed by atoms with van der Waals surface area (Å²) in [5, 5.41) is 11.6. The molecule has 1 N–H and O–H groups in total. The predicted molar refractivity (Wildman–Crippen MR) is 130 cm³/mol. The van der Waals surface area contributed by atoms with E-state index < -0.39 is 27.7 Å². The summed E-state index contributed by atoms with van der Waals surface area (Å²) in [6, 6.07) is 18.4. The van der Waals surface area contributed by atoms with Crippen molar-refractivity contribution in [1.82, 2.24) is 14.9 Å². The Kier molecular flexibility index (Phi) is 7.05. The molecule has 3 aromatic carbocycles. The molecule has 4 rings (SSSR count). The molecule has 7 nitrogen and oxygen atoms in total. The van der Waals surface area contributed by atoms with Gasteiger partial charge in [-0.3, -0.25) is 4.79 Å². The summed E-state index contributed by atoms with van der Waals surface area (Å²) < 4.78 is 66.2. The molecule has 0 aliphatic heterocycles. The summed E-state index contributed by atoms with van der Waals surface area (Å²) in [5.74, 6) is -1.63. The molecule has 1 heterocycles. The highest BCUT2D eigenvalue weighted by Gasteiger charge is 2.37. The lowest BCUT2D eigenvalue weighted by Crippen LogP contribution is -2.22. The van der Waals surface area contributed by atoms with Crippen molar-refractivity contribution in [2.24, 2.45) is 0 Å². The topological polar surface area (TPSA) is 105 Å². The fraction of sp³-hybridized carbons (Fsp3) is 0.192. The first-order valence-corrected chi connectivity index (χ1v) is 12.8. The molecule has 0 fully saturated rings. The van der Waals surface area contributed by atoms with E-state index in [1.807, 2.05) is 6.07 Å². The zero-order valence-electron chi connectivity index (χ0n) is 19.6. The maximum atomic E-state index is 13.8. The summed E-state index contributed by atoms with van der Waals surface area (Å²) in [4.78, 5) is 16.6. The van der Waals surface area contributed by atoms with Crippen molar-refractivity contribution in [3.05, 3.63) is 94.8 Å². The van der Waals surface area contributed by atoms with Crippen LogP contribution in [0.5, 0.6) is 0 Å². The van der Waals surface area contributed by atoms with Gasteiger partial charge in [0.15, 0.2) is 9.84 Å². The van der Waals surface area contributed by atoms with Gasteiger partial charge in [0.2, 0.25) is 5.82 Å². The number of imidazole rings is 1. The summed E-state index contributed by atoms with van der Waals surface area (Å²) >= 11 is 0. The first-order valence-electron chi connectivity index (χ1n) is 11.2. The average Bonchev–Trinajstić information content (AvgIpc) is 3.26. The Morgan fingerprint density at radius 3 is 2.27 bits per heavy atom. The van der Waals surface area contributed by atoms with E-state index in [1.54, 1.807) is 31.2 Å². The van der Waals surface area contributed by atoms with Crippen LogP contribution in [0.4, 0.5) is 13.2 Å². The number of fused-ring (bicyclic) bond motifs is 1. The van der Waals surface area contributed by atoms with Gasteiger partial charge >= 0.3 is 6.18 Å². The van der Waals surface area contributed by atoms with Gasteiger partial charge in [-0.05, 0) is 53.6 Å². The van der Waals surface area contributed by atoms with Gasteiger partial charge in [0.1, 0.15) is 0 Å². The number of carbonyl (C=O) groups is 1. The Hall–Kier alpha value is -4.17. The molecule has 190 valence electrons. The van der Waals surface area contributed by atoms with E-state index in [1.165, 1.54) is 42.5 Å². The second-order valence-electron chi connectivity index (χ2n) is 8.26. The summed E-state index contributed by atoms with van der Waals surface area (Å²) in [5.41, 5.74) is 1.98. The third-order valence-corrected chi connectivity index (χ3v) is 7.55. The lowest BCUT2D eigenvalue weighted by molar-refractivity contribution is -0.146. The molecule has 0 saturated heterocycles. The second-order valence-corrected chi connectivity index (χ2v) is 10.5. The molecule has 0 unspecified atom stereocenters. The van der Waals surface area contributed by atoms with Gasteiger partial charge in [0, 0.05) is 18.7 Å². The van der Waals surface area contributed by atoms with Crippen LogP contribution < -0.4 is 5.32 Å². The van der Waals surface area contributed by atoms with Crippen LogP contribution in [-0.2, 0) is 29.1 Å². The molecule has 0 spiro atoms. The minimum Gasteiger partial charge on any atom is -0.348 e. The van der Waals surface area contributed by atoms with Crippen molar-refractivity contribution >= 4 is 26.8 Å². The third kappa shape index (κ3) is 5.65. The van der Waals surface area contributed by atoms with Crippen molar-refractivity contribution in [2.75, 3.05) is 5.75 Å². The fourth-order valence-corrected chi connectivity index (χ4v) is 4.66. The zero-order chi connectivity index (χ0) is 26.8. The van der Waals surface area contributed by atoms with Gasteiger partial charge in [0.25, 0.3) is 5.91 Å². The summed E-state index contributed by atoms with van der Waals surface area (Å²) in [6.07, 6.45) is -4.72. The molecule has 37 heavy (non-hydrogen) atoms. The van der Waals surface area contributed by atoms with Crippen LogP contribution in [0, 0.1) is 11.3 Å². The Labute approximate surface area is 211 Å². The number of carbonyl (C=O) groups excluding carboxylic acids is 1. The van der Waals surface area contributed by atoms with E-state index in [9.17, 15) is 26.4 Å². The van der Waals surface area contributed by atoms with Crippen LogP contribution in [0.2, 0.25) is 0 Å². The highest BCUT2D eigenvalue weighted by molar-refractivity contribution is 7.91. The molecular weight excluding hydrogens is 505 g/mol. The molecule has 0 bridgehead atoms. The Bertz CT molecular complexity index is 1600. The standard InChI is InChI=1S/C26H21F3N4O3S/c1-2-37(35,36)21-10-7-18(8-11-21)15-31-24(34)20-9-12-23-22(13-20)32-25(26(27,28)29)33(23)16-19-5-3-17(14-30)4-6-19/h3-13H,2,15-16H2,1H3,(H,31,34). The monoisotopic (exact) mass is 526 g/mol. The van der Waals surface area contributed by atoms with Crippen LogP contribution in [0.1, 0.15) is 39.8 Å². The number of benzene rings is 3. The molecule has 0 saturated carbocycles. The number of aromatic nitrogens is 2. The van der Waals surface area contributed by atoms with Crippen LogP contribution in [0.25, 0.3) is 11.0 Å². The smallest absolute Gasteiger partial charge is 0.348 e. The number of halogens is 3. The lowest BCUT2D eigenvalue weighted by atomic mass is 10.1. The highest BCUT2D eigenvalue weighted by Crippen LogP contribution is 2.32. The largest absolute Gasteiger partial charge is 0.449 e. The average molecular weight is 527 g/mol. The van der Waals surface area contributed by atoms with Crippen molar-refractivity contribution in [3.8, 4) is 6.07 Å². The van der Waals surface area contributed by atoms with E-state index in [0.717, 1.165) is 4.57 Å². The minimum absolute atomic E-state index is 0.0164. The number of amides is 1. The van der Waals surface area contributed by atoms with E-state index in [4.69, 9.17) is 5.26 Å². The number of nitrogens with one attached hydrogen (secondary N) is 1. The molecular formula is C26H21F3N4O3S. The van der Waals surface area contributed by atoms with Gasteiger partial charge in [-0.25, -0.2) is 13.4 Å². The number of rotatable bonds is 7. The highest BCUT2D eigenvalue weighted by atomic mass is 32.2. The Balaban J connectivity index is 1.56. The van der Waals surface area contributed by atoms with Gasteiger partial charge < -0.3 is 9.88 Å². The van der Waals surface area contributed by atoms with Crippen molar-refractivity contribution in [3.63, 3.8) is 0 Å². The van der Waals surface area contributed by atoms with E-state index >= 15 is 0 Å². The molecule has 0 aliphatic rings. The maximum absolute atomic E-state index is 13.8. The van der Waals surface area contributed by atoms with Crippen LogP contribution in [-0.4, -0.2) is 29.6 Å². The molecule has 0 atom stereocenters. The Morgan fingerprint density at radius 2 is 1.68 bits per heavy atom. The van der Waals surface area contributed by atoms with Crippen molar-refractivity contribution < 1.29 is 26.4 Å². The normalized spacial score (nSPS) is 11.9.